The van der Waals surface area contributed by atoms with Crippen LogP contribution in [0.2, 0.25) is 0 Å². The number of sulfonamides is 1. The summed E-state index contributed by atoms with van der Waals surface area (Å²) < 4.78 is 36.8. The number of anilines is 1. The van der Waals surface area contributed by atoms with Crippen molar-refractivity contribution in [3.05, 3.63) is 23.8 Å². The molecule has 2 aliphatic rings. The number of hydrogen-bond donors (Lipinski definition) is 0. The Hall–Kier alpha value is -1.80. The fraction of sp³-hybridized carbons (Fsp3) is 0.562. The maximum absolute atomic E-state index is 12.7. The van der Waals surface area contributed by atoms with E-state index in [4.69, 9.17) is 9.47 Å². The second-order valence-electron chi connectivity index (χ2n) is 6.14. The van der Waals surface area contributed by atoms with Crippen molar-refractivity contribution in [3.8, 4) is 5.75 Å². The molecular formula is C16H22N2O5S. The van der Waals surface area contributed by atoms with E-state index in [1.165, 1.54) is 10.6 Å². The molecule has 1 aromatic carbocycles. The highest BCUT2D eigenvalue weighted by molar-refractivity contribution is 7.92. The number of ether oxygens (including phenoxy) is 2. The monoisotopic (exact) mass is 354 g/mol. The van der Waals surface area contributed by atoms with E-state index in [1.54, 1.807) is 17.0 Å². The van der Waals surface area contributed by atoms with E-state index in [2.05, 4.69) is 0 Å². The van der Waals surface area contributed by atoms with Crippen molar-refractivity contribution in [2.45, 2.75) is 19.4 Å². The van der Waals surface area contributed by atoms with Crippen molar-refractivity contribution in [2.75, 3.05) is 43.4 Å². The van der Waals surface area contributed by atoms with Gasteiger partial charge in [-0.05, 0) is 24.6 Å². The molecular weight excluding hydrogens is 332 g/mol. The van der Waals surface area contributed by atoms with Crippen molar-refractivity contribution < 1.29 is 22.7 Å². The van der Waals surface area contributed by atoms with E-state index in [1.807, 2.05) is 13.0 Å². The number of nitrogens with zero attached hydrogens (tertiary/aromatic N) is 2. The first-order valence-electron chi connectivity index (χ1n) is 7.98. The summed E-state index contributed by atoms with van der Waals surface area (Å²) in [6, 6.07) is 5.35. The highest BCUT2D eigenvalue weighted by Crippen LogP contribution is 2.35. The molecule has 1 amide bonds. The number of amides is 1. The highest BCUT2D eigenvalue weighted by Gasteiger charge is 2.33. The van der Waals surface area contributed by atoms with Gasteiger partial charge in [-0.15, -0.1) is 0 Å². The van der Waals surface area contributed by atoms with Gasteiger partial charge in [0.1, 0.15) is 5.75 Å². The van der Waals surface area contributed by atoms with Crippen molar-refractivity contribution in [2.24, 2.45) is 0 Å². The van der Waals surface area contributed by atoms with E-state index in [9.17, 15) is 13.2 Å². The molecule has 0 unspecified atom stereocenters. The molecule has 1 aromatic rings. The fourth-order valence-corrected chi connectivity index (χ4v) is 3.93. The molecule has 0 saturated carbocycles. The zero-order valence-corrected chi connectivity index (χ0v) is 14.7. The Labute approximate surface area is 142 Å². The van der Waals surface area contributed by atoms with Gasteiger partial charge in [0, 0.05) is 26.1 Å². The number of aryl methyl sites for hydroxylation is 1. The number of rotatable bonds is 2. The van der Waals surface area contributed by atoms with Crippen molar-refractivity contribution in [3.63, 3.8) is 0 Å². The molecule has 2 aliphatic heterocycles. The van der Waals surface area contributed by atoms with Gasteiger partial charge in [0.2, 0.25) is 10.0 Å². The molecule has 0 bridgehead atoms. The number of carbonyl (C=O) groups excluding carboxylic acids is 1. The lowest BCUT2D eigenvalue weighted by Crippen LogP contribution is -2.47. The normalized spacial score (nSPS) is 21.7. The van der Waals surface area contributed by atoms with Gasteiger partial charge in [0.15, 0.2) is 6.10 Å². The molecule has 1 saturated heterocycles. The lowest BCUT2D eigenvalue weighted by Gasteiger charge is -2.30. The van der Waals surface area contributed by atoms with Crippen molar-refractivity contribution in [1.82, 2.24) is 4.90 Å². The summed E-state index contributed by atoms with van der Waals surface area (Å²) in [5, 5.41) is 0. The van der Waals surface area contributed by atoms with E-state index in [0.29, 0.717) is 44.2 Å². The summed E-state index contributed by atoms with van der Waals surface area (Å²) in [4.78, 5) is 14.4. The Bertz CT molecular complexity index is 728. The standard InChI is InChI=1S/C16H22N2O5S/c1-12-3-4-14-13(11-12)18(24(2,20)21)6-5-15(23-14)16(19)17-7-9-22-10-8-17/h3-4,11,15H,5-10H2,1-2H3/t15-/m0/s1. The first-order valence-corrected chi connectivity index (χ1v) is 9.82. The van der Waals surface area contributed by atoms with Gasteiger partial charge in [-0.25, -0.2) is 8.42 Å². The Morgan fingerprint density at radius 1 is 1.21 bits per heavy atom. The van der Waals surface area contributed by atoms with E-state index < -0.39 is 16.1 Å². The first kappa shape index (κ1) is 17.0. The van der Waals surface area contributed by atoms with E-state index in [-0.39, 0.29) is 12.5 Å². The molecule has 8 heteroatoms. The van der Waals surface area contributed by atoms with Gasteiger partial charge >= 0.3 is 0 Å². The van der Waals surface area contributed by atoms with Crippen molar-refractivity contribution in [1.29, 1.82) is 0 Å². The predicted octanol–water partition coefficient (Wildman–Crippen LogP) is 0.771. The molecule has 0 N–H and O–H groups in total. The largest absolute Gasteiger partial charge is 0.478 e. The van der Waals surface area contributed by atoms with Crippen LogP contribution in [0.4, 0.5) is 5.69 Å². The van der Waals surface area contributed by atoms with Crippen LogP contribution < -0.4 is 9.04 Å². The number of carbonyl (C=O) groups is 1. The van der Waals surface area contributed by atoms with Crippen LogP contribution in [-0.4, -0.2) is 64.4 Å². The van der Waals surface area contributed by atoms with Crippen LogP contribution in [0.5, 0.6) is 5.75 Å². The maximum Gasteiger partial charge on any atom is 0.263 e. The van der Waals surface area contributed by atoms with E-state index >= 15 is 0 Å². The van der Waals surface area contributed by atoms with Gasteiger partial charge in [-0.1, -0.05) is 6.07 Å². The second-order valence-corrected chi connectivity index (χ2v) is 8.05. The molecule has 0 aromatic heterocycles. The zero-order chi connectivity index (χ0) is 17.3. The van der Waals surface area contributed by atoms with Gasteiger partial charge in [-0.3, -0.25) is 9.10 Å². The minimum atomic E-state index is -3.44. The minimum absolute atomic E-state index is 0.111. The summed E-state index contributed by atoms with van der Waals surface area (Å²) in [6.07, 6.45) is 0.802. The molecule has 7 nitrogen and oxygen atoms in total. The molecule has 2 heterocycles. The molecule has 0 aliphatic carbocycles. The average molecular weight is 354 g/mol. The molecule has 3 rings (SSSR count). The summed E-state index contributed by atoms with van der Waals surface area (Å²) in [6.45, 7) is 4.22. The molecule has 1 atom stereocenters. The summed E-state index contributed by atoms with van der Waals surface area (Å²) >= 11 is 0. The Balaban J connectivity index is 1.90. The van der Waals surface area contributed by atoms with Crippen LogP contribution in [0, 0.1) is 6.92 Å². The summed E-state index contributed by atoms with van der Waals surface area (Å²) in [5.74, 6) is 0.315. The molecule has 0 radical (unpaired) electrons. The second kappa shape index (κ2) is 6.60. The van der Waals surface area contributed by atoms with Crippen LogP contribution in [0.1, 0.15) is 12.0 Å². The Morgan fingerprint density at radius 2 is 1.92 bits per heavy atom. The van der Waals surface area contributed by atoms with Crippen LogP contribution in [-0.2, 0) is 19.6 Å². The van der Waals surface area contributed by atoms with Crippen LogP contribution in [0.25, 0.3) is 0 Å². The first-order chi connectivity index (χ1) is 11.4. The zero-order valence-electron chi connectivity index (χ0n) is 13.9. The summed E-state index contributed by atoms with van der Waals surface area (Å²) in [5.41, 5.74) is 1.43. The average Bonchev–Trinajstić information content (AvgIpc) is 2.74. The fourth-order valence-electron chi connectivity index (χ4n) is 2.99. The Kier molecular flexibility index (Phi) is 4.69. The number of benzene rings is 1. The molecule has 24 heavy (non-hydrogen) atoms. The molecule has 132 valence electrons. The predicted molar refractivity (Wildman–Crippen MR) is 89.8 cm³/mol. The SMILES string of the molecule is Cc1ccc2c(c1)N(S(C)(=O)=O)CC[C@@H](C(=O)N1CCOCC1)O2. The number of morpholine rings is 1. The Morgan fingerprint density at radius 3 is 2.58 bits per heavy atom. The topological polar surface area (TPSA) is 76.2 Å². The van der Waals surface area contributed by atoms with Crippen LogP contribution >= 0.6 is 0 Å². The lowest BCUT2D eigenvalue weighted by atomic mass is 10.2. The third-order valence-electron chi connectivity index (χ3n) is 4.25. The van der Waals surface area contributed by atoms with Crippen molar-refractivity contribution >= 4 is 21.6 Å². The third-order valence-corrected chi connectivity index (χ3v) is 5.43. The lowest BCUT2D eigenvalue weighted by molar-refractivity contribution is -0.142. The van der Waals surface area contributed by atoms with Crippen LogP contribution in [0.15, 0.2) is 18.2 Å². The highest BCUT2D eigenvalue weighted by atomic mass is 32.2. The van der Waals surface area contributed by atoms with Gasteiger partial charge in [0.25, 0.3) is 5.91 Å². The quantitative estimate of drug-likeness (QED) is 0.784. The van der Waals surface area contributed by atoms with E-state index in [0.717, 1.165) is 5.56 Å². The smallest absolute Gasteiger partial charge is 0.263 e. The maximum atomic E-state index is 12.7. The molecule has 1 fully saturated rings. The van der Waals surface area contributed by atoms with Gasteiger partial charge in [-0.2, -0.15) is 0 Å². The van der Waals surface area contributed by atoms with Gasteiger partial charge < -0.3 is 14.4 Å². The number of hydrogen-bond acceptors (Lipinski definition) is 5. The number of fused-ring (bicyclic) bond motifs is 1. The molecule has 0 spiro atoms. The van der Waals surface area contributed by atoms with Gasteiger partial charge in [0.05, 0.1) is 25.2 Å². The summed E-state index contributed by atoms with van der Waals surface area (Å²) in [7, 11) is -3.44. The van der Waals surface area contributed by atoms with Crippen LogP contribution in [0.3, 0.4) is 0 Å². The minimum Gasteiger partial charge on any atom is -0.478 e. The third kappa shape index (κ3) is 3.49.